The summed E-state index contributed by atoms with van der Waals surface area (Å²) in [6.45, 7) is 2.27. The van der Waals surface area contributed by atoms with Crippen LogP contribution >= 0.6 is 0 Å². The Bertz CT molecular complexity index is 196. The van der Waals surface area contributed by atoms with Gasteiger partial charge in [0, 0.05) is 6.42 Å². The van der Waals surface area contributed by atoms with Gasteiger partial charge in [0.25, 0.3) is 0 Å². The van der Waals surface area contributed by atoms with Gasteiger partial charge in [-0.1, -0.05) is 76.9 Å². The van der Waals surface area contributed by atoms with Gasteiger partial charge < -0.3 is 4.79 Å². The molecule has 0 N–H and O–H groups in total. The van der Waals surface area contributed by atoms with Crippen LogP contribution < -0.4 is 0 Å². The Labute approximate surface area is 120 Å². The topological polar surface area (TPSA) is 17.1 Å². The number of rotatable bonds is 15. The van der Waals surface area contributed by atoms with Crippen LogP contribution in [0.2, 0.25) is 0 Å². The molecule has 0 aliphatic rings. The highest BCUT2D eigenvalue weighted by molar-refractivity contribution is 5.48. The number of allylic oxidation sites excluding steroid dienone is 2. The molecule has 0 radical (unpaired) electrons. The molecule has 0 aliphatic heterocycles. The third kappa shape index (κ3) is 17.4. The molecule has 1 nitrogen and oxygen atoms in total. The van der Waals surface area contributed by atoms with Crippen molar-refractivity contribution in [3.63, 3.8) is 0 Å². The molecule has 0 aliphatic carbocycles. The molecule has 0 aromatic carbocycles. The third-order valence-corrected chi connectivity index (χ3v) is 3.58. The standard InChI is InChI=1S/C18H34O/c1-2-3-4-5-6-7-8-9-10-11-12-13-14-15-16-17-18-19/h13-14,18H,2-12,15-17H2,1H3/b14-13+. The predicted octanol–water partition coefficient (Wildman–Crippen LogP) is 6.22. The molecule has 0 spiro atoms. The van der Waals surface area contributed by atoms with Gasteiger partial charge in [0.2, 0.25) is 0 Å². The average molecular weight is 266 g/mol. The smallest absolute Gasteiger partial charge is 0.120 e. The van der Waals surface area contributed by atoms with Crippen molar-refractivity contribution in [3.8, 4) is 0 Å². The van der Waals surface area contributed by atoms with Gasteiger partial charge >= 0.3 is 0 Å². The monoisotopic (exact) mass is 266 g/mol. The van der Waals surface area contributed by atoms with Crippen molar-refractivity contribution in [1.29, 1.82) is 0 Å². The zero-order valence-electron chi connectivity index (χ0n) is 13.0. The van der Waals surface area contributed by atoms with Crippen LogP contribution in [0.15, 0.2) is 12.2 Å². The van der Waals surface area contributed by atoms with Crippen LogP contribution in [0.1, 0.15) is 96.8 Å². The molecule has 0 saturated carbocycles. The van der Waals surface area contributed by atoms with E-state index in [4.69, 9.17) is 0 Å². The zero-order valence-corrected chi connectivity index (χ0v) is 13.0. The van der Waals surface area contributed by atoms with Crippen molar-refractivity contribution in [1.82, 2.24) is 0 Å². The summed E-state index contributed by atoms with van der Waals surface area (Å²) < 4.78 is 0. The Morgan fingerprint density at radius 3 is 1.58 bits per heavy atom. The first-order valence-electron chi connectivity index (χ1n) is 8.50. The lowest BCUT2D eigenvalue weighted by Gasteiger charge is -2.01. The maximum absolute atomic E-state index is 10.1. The molecular weight excluding hydrogens is 232 g/mol. The number of unbranched alkanes of at least 4 members (excludes halogenated alkanes) is 12. The summed E-state index contributed by atoms with van der Waals surface area (Å²) in [4.78, 5) is 10.1. The molecule has 0 unspecified atom stereocenters. The number of carbonyl (C=O) groups is 1. The molecule has 0 amide bonds. The molecule has 0 aromatic rings. The van der Waals surface area contributed by atoms with Crippen LogP contribution in [0.4, 0.5) is 0 Å². The van der Waals surface area contributed by atoms with E-state index in [0.717, 1.165) is 19.1 Å². The lowest BCUT2D eigenvalue weighted by atomic mass is 10.1. The highest BCUT2D eigenvalue weighted by Gasteiger charge is 1.91. The van der Waals surface area contributed by atoms with E-state index in [1.165, 1.54) is 70.6 Å². The molecule has 0 saturated heterocycles. The fourth-order valence-corrected chi connectivity index (χ4v) is 2.30. The number of hydrogen-bond acceptors (Lipinski definition) is 1. The molecule has 0 bridgehead atoms. The first-order valence-corrected chi connectivity index (χ1v) is 8.50. The second kappa shape index (κ2) is 17.4. The first-order chi connectivity index (χ1) is 9.41. The second-order valence-corrected chi connectivity index (χ2v) is 5.54. The predicted molar refractivity (Wildman–Crippen MR) is 85.5 cm³/mol. The van der Waals surface area contributed by atoms with E-state index in [2.05, 4.69) is 19.1 Å². The minimum atomic E-state index is 0.711. The molecular formula is C18H34O. The highest BCUT2D eigenvalue weighted by atomic mass is 16.1. The fraction of sp³-hybridized carbons (Fsp3) is 0.833. The maximum Gasteiger partial charge on any atom is 0.120 e. The normalized spacial score (nSPS) is 11.2. The fourth-order valence-electron chi connectivity index (χ4n) is 2.30. The summed E-state index contributed by atoms with van der Waals surface area (Å²) in [5.41, 5.74) is 0. The van der Waals surface area contributed by atoms with Gasteiger partial charge in [-0.2, -0.15) is 0 Å². The van der Waals surface area contributed by atoms with Gasteiger partial charge in [0.1, 0.15) is 6.29 Å². The average Bonchev–Trinajstić information content (AvgIpc) is 2.43. The first kappa shape index (κ1) is 18.4. The summed E-state index contributed by atoms with van der Waals surface area (Å²) >= 11 is 0. The molecule has 0 fully saturated rings. The lowest BCUT2D eigenvalue weighted by Crippen LogP contribution is -1.81. The maximum atomic E-state index is 10.1. The number of carbonyl (C=O) groups excluding carboxylic acids is 1. The van der Waals surface area contributed by atoms with Gasteiger partial charge in [0.05, 0.1) is 0 Å². The SMILES string of the molecule is CCCCCCCCCCCC/C=C/CCCC=O. The number of hydrogen-bond donors (Lipinski definition) is 0. The second-order valence-electron chi connectivity index (χ2n) is 5.54. The molecule has 0 rings (SSSR count). The lowest BCUT2D eigenvalue weighted by molar-refractivity contribution is -0.107. The van der Waals surface area contributed by atoms with Crippen molar-refractivity contribution in [3.05, 3.63) is 12.2 Å². The molecule has 19 heavy (non-hydrogen) atoms. The molecule has 0 aromatic heterocycles. The third-order valence-electron chi connectivity index (χ3n) is 3.58. The minimum Gasteiger partial charge on any atom is -0.303 e. The Balaban J connectivity index is 3.00. The van der Waals surface area contributed by atoms with E-state index in [1.54, 1.807) is 0 Å². The summed E-state index contributed by atoms with van der Waals surface area (Å²) in [6.07, 6.45) is 23.6. The van der Waals surface area contributed by atoms with Crippen LogP contribution in [-0.2, 0) is 4.79 Å². The van der Waals surface area contributed by atoms with Crippen molar-refractivity contribution in [2.75, 3.05) is 0 Å². The van der Waals surface area contributed by atoms with Gasteiger partial charge in [-0.25, -0.2) is 0 Å². The van der Waals surface area contributed by atoms with Crippen molar-refractivity contribution < 1.29 is 4.79 Å². The molecule has 1 heteroatoms. The van der Waals surface area contributed by atoms with Gasteiger partial charge in [0.15, 0.2) is 0 Å². The van der Waals surface area contributed by atoms with Crippen molar-refractivity contribution in [2.24, 2.45) is 0 Å². The number of aldehydes is 1. The van der Waals surface area contributed by atoms with Crippen molar-refractivity contribution in [2.45, 2.75) is 96.8 Å². The van der Waals surface area contributed by atoms with E-state index < -0.39 is 0 Å². The molecule has 0 heterocycles. The summed E-state index contributed by atoms with van der Waals surface area (Å²) in [5, 5.41) is 0. The van der Waals surface area contributed by atoms with Crippen LogP contribution in [0, 0.1) is 0 Å². The van der Waals surface area contributed by atoms with E-state index in [-0.39, 0.29) is 0 Å². The van der Waals surface area contributed by atoms with E-state index >= 15 is 0 Å². The Morgan fingerprint density at radius 1 is 0.579 bits per heavy atom. The Morgan fingerprint density at radius 2 is 1.05 bits per heavy atom. The molecule has 112 valence electrons. The summed E-state index contributed by atoms with van der Waals surface area (Å²) in [5.74, 6) is 0. The van der Waals surface area contributed by atoms with Gasteiger partial charge in [-0.3, -0.25) is 0 Å². The quantitative estimate of drug-likeness (QED) is 0.195. The largest absolute Gasteiger partial charge is 0.303 e. The van der Waals surface area contributed by atoms with E-state index in [1.807, 2.05) is 0 Å². The van der Waals surface area contributed by atoms with Crippen LogP contribution in [0.5, 0.6) is 0 Å². The minimum absolute atomic E-state index is 0.711. The Kier molecular flexibility index (Phi) is 16.9. The summed E-state index contributed by atoms with van der Waals surface area (Å²) in [6, 6.07) is 0. The zero-order chi connectivity index (χ0) is 14.0. The van der Waals surface area contributed by atoms with Gasteiger partial charge in [-0.05, 0) is 25.7 Å². The van der Waals surface area contributed by atoms with Crippen LogP contribution in [0.3, 0.4) is 0 Å². The van der Waals surface area contributed by atoms with Gasteiger partial charge in [-0.15, -0.1) is 0 Å². The molecule has 0 atom stereocenters. The van der Waals surface area contributed by atoms with Crippen molar-refractivity contribution >= 4 is 6.29 Å². The van der Waals surface area contributed by atoms with E-state index in [0.29, 0.717) is 6.42 Å². The highest BCUT2D eigenvalue weighted by Crippen LogP contribution is 2.11. The van der Waals surface area contributed by atoms with Crippen LogP contribution in [-0.4, -0.2) is 6.29 Å². The van der Waals surface area contributed by atoms with Crippen LogP contribution in [0.25, 0.3) is 0 Å². The summed E-state index contributed by atoms with van der Waals surface area (Å²) in [7, 11) is 0. The van der Waals surface area contributed by atoms with E-state index in [9.17, 15) is 4.79 Å². The Hall–Kier alpha value is -0.590.